The highest BCUT2D eigenvalue weighted by atomic mass is 35.5. The maximum atomic E-state index is 6.20. The van der Waals surface area contributed by atoms with Gasteiger partial charge >= 0.3 is 0 Å². The molecule has 0 spiro atoms. The molecule has 0 aliphatic heterocycles. The molecule has 0 aliphatic carbocycles. The Morgan fingerprint density at radius 1 is 1.16 bits per heavy atom. The van der Waals surface area contributed by atoms with Crippen LogP contribution in [-0.2, 0) is 0 Å². The van der Waals surface area contributed by atoms with Gasteiger partial charge < -0.3 is 10.6 Å². The topological polar surface area (TPSA) is 49.8 Å². The summed E-state index contributed by atoms with van der Waals surface area (Å²) in [5, 5.41) is 7.00. The molecule has 2 aromatic rings. The summed E-state index contributed by atoms with van der Waals surface area (Å²) in [6.07, 6.45) is 0. The summed E-state index contributed by atoms with van der Waals surface area (Å²) < 4.78 is 0. The zero-order chi connectivity index (χ0) is 13.8. The summed E-state index contributed by atoms with van der Waals surface area (Å²) >= 11 is 6.20. The first-order valence-electron chi connectivity index (χ1n) is 6.21. The normalized spacial score (nSPS) is 10.3. The minimum atomic E-state index is 0.619. The Labute approximate surface area is 118 Å². The standard InChI is InChI=1S/C14H17ClN4/c1-4-16-14-17-10(3)8-13(19-14)18-12-6-5-9(2)7-11(12)15/h5-8H,4H2,1-3H3,(H2,16,17,18,19). The second-order valence-electron chi connectivity index (χ2n) is 4.36. The maximum absolute atomic E-state index is 6.20. The Hall–Kier alpha value is -1.81. The molecule has 1 aromatic carbocycles. The van der Waals surface area contributed by atoms with Crippen LogP contribution in [0.1, 0.15) is 18.2 Å². The minimum absolute atomic E-state index is 0.619. The molecule has 0 atom stereocenters. The quantitative estimate of drug-likeness (QED) is 0.889. The average molecular weight is 277 g/mol. The van der Waals surface area contributed by atoms with Crippen molar-refractivity contribution in [1.82, 2.24) is 9.97 Å². The van der Waals surface area contributed by atoms with Crippen molar-refractivity contribution >= 4 is 29.1 Å². The molecule has 0 amide bonds. The molecule has 1 aromatic heterocycles. The molecular formula is C14H17ClN4. The van der Waals surface area contributed by atoms with Crippen molar-refractivity contribution in [3.63, 3.8) is 0 Å². The number of hydrogen-bond acceptors (Lipinski definition) is 4. The molecule has 1 heterocycles. The molecule has 2 rings (SSSR count). The van der Waals surface area contributed by atoms with Gasteiger partial charge in [-0.25, -0.2) is 4.98 Å². The number of nitrogens with zero attached hydrogens (tertiary/aromatic N) is 2. The third-order valence-electron chi connectivity index (χ3n) is 2.58. The van der Waals surface area contributed by atoms with Gasteiger partial charge in [-0.05, 0) is 38.5 Å². The van der Waals surface area contributed by atoms with Gasteiger partial charge in [-0.3, -0.25) is 0 Å². The van der Waals surface area contributed by atoms with Crippen LogP contribution >= 0.6 is 11.6 Å². The summed E-state index contributed by atoms with van der Waals surface area (Å²) in [6, 6.07) is 7.76. The molecule has 19 heavy (non-hydrogen) atoms. The van der Waals surface area contributed by atoms with Crippen LogP contribution in [0.5, 0.6) is 0 Å². The summed E-state index contributed by atoms with van der Waals surface area (Å²) in [6.45, 7) is 6.74. The van der Waals surface area contributed by atoms with E-state index in [0.29, 0.717) is 11.0 Å². The number of rotatable bonds is 4. The predicted octanol–water partition coefficient (Wildman–Crippen LogP) is 3.92. The van der Waals surface area contributed by atoms with Gasteiger partial charge in [0.2, 0.25) is 5.95 Å². The van der Waals surface area contributed by atoms with Crippen LogP contribution in [0.15, 0.2) is 24.3 Å². The number of benzene rings is 1. The monoisotopic (exact) mass is 276 g/mol. The lowest BCUT2D eigenvalue weighted by atomic mass is 10.2. The SMILES string of the molecule is CCNc1nc(C)cc(Nc2ccc(C)cc2Cl)n1. The number of aryl methyl sites for hydroxylation is 2. The third-order valence-corrected chi connectivity index (χ3v) is 2.89. The fourth-order valence-corrected chi connectivity index (χ4v) is 2.01. The highest BCUT2D eigenvalue weighted by Crippen LogP contribution is 2.26. The second-order valence-corrected chi connectivity index (χ2v) is 4.76. The van der Waals surface area contributed by atoms with Gasteiger partial charge in [0.15, 0.2) is 0 Å². The van der Waals surface area contributed by atoms with Crippen LogP contribution in [0.3, 0.4) is 0 Å². The predicted molar refractivity (Wildman–Crippen MR) is 80.4 cm³/mol. The molecule has 4 nitrogen and oxygen atoms in total. The molecule has 0 radical (unpaired) electrons. The molecule has 0 saturated carbocycles. The molecule has 0 unspecified atom stereocenters. The zero-order valence-electron chi connectivity index (χ0n) is 11.3. The van der Waals surface area contributed by atoms with Crippen LogP contribution in [0.4, 0.5) is 17.5 Å². The summed E-state index contributed by atoms with van der Waals surface area (Å²) in [5.74, 6) is 1.35. The first-order chi connectivity index (χ1) is 9.08. The van der Waals surface area contributed by atoms with Gasteiger partial charge in [-0.2, -0.15) is 4.98 Å². The maximum Gasteiger partial charge on any atom is 0.224 e. The fourth-order valence-electron chi connectivity index (χ4n) is 1.73. The van der Waals surface area contributed by atoms with E-state index in [1.165, 1.54) is 0 Å². The lowest BCUT2D eigenvalue weighted by Gasteiger charge is -2.10. The zero-order valence-corrected chi connectivity index (χ0v) is 12.0. The molecule has 2 N–H and O–H groups in total. The molecule has 100 valence electrons. The summed E-state index contributed by atoms with van der Waals surface area (Å²) in [4.78, 5) is 8.70. The van der Waals surface area contributed by atoms with Gasteiger partial charge in [0.1, 0.15) is 5.82 Å². The van der Waals surface area contributed by atoms with Gasteiger partial charge in [-0.1, -0.05) is 17.7 Å². The van der Waals surface area contributed by atoms with Crippen molar-refractivity contribution in [2.75, 3.05) is 17.2 Å². The number of aromatic nitrogens is 2. The lowest BCUT2D eigenvalue weighted by molar-refractivity contribution is 1.05. The van der Waals surface area contributed by atoms with Gasteiger partial charge in [0.05, 0.1) is 10.7 Å². The fraction of sp³-hybridized carbons (Fsp3) is 0.286. The lowest BCUT2D eigenvalue weighted by Crippen LogP contribution is -2.05. The molecule has 0 bridgehead atoms. The van der Waals surface area contributed by atoms with Crippen LogP contribution < -0.4 is 10.6 Å². The minimum Gasteiger partial charge on any atom is -0.354 e. The Kier molecular flexibility index (Phi) is 4.22. The number of halogens is 1. The Morgan fingerprint density at radius 2 is 1.95 bits per heavy atom. The first kappa shape index (κ1) is 13.6. The average Bonchev–Trinajstić information content (AvgIpc) is 2.32. The Morgan fingerprint density at radius 3 is 2.63 bits per heavy atom. The number of hydrogen-bond donors (Lipinski definition) is 2. The van der Waals surface area contributed by atoms with Crippen LogP contribution in [0.25, 0.3) is 0 Å². The van der Waals surface area contributed by atoms with Gasteiger partial charge in [0.25, 0.3) is 0 Å². The van der Waals surface area contributed by atoms with Crippen LogP contribution in [0, 0.1) is 13.8 Å². The highest BCUT2D eigenvalue weighted by Gasteiger charge is 2.05. The van der Waals surface area contributed by atoms with Crippen molar-refractivity contribution < 1.29 is 0 Å². The highest BCUT2D eigenvalue weighted by molar-refractivity contribution is 6.33. The van der Waals surface area contributed by atoms with Crippen molar-refractivity contribution in [1.29, 1.82) is 0 Å². The molecule has 0 fully saturated rings. The van der Waals surface area contributed by atoms with Gasteiger partial charge in [0, 0.05) is 18.3 Å². The smallest absolute Gasteiger partial charge is 0.224 e. The number of nitrogens with one attached hydrogen (secondary N) is 2. The first-order valence-corrected chi connectivity index (χ1v) is 6.59. The second kappa shape index (κ2) is 5.89. The molecule has 5 heteroatoms. The van der Waals surface area contributed by atoms with E-state index in [1.807, 2.05) is 45.0 Å². The summed E-state index contributed by atoms with van der Waals surface area (Å²) in [7, 11) is 0. The van der Waals surface area contributed by atoms with Crippen molar-refractivity contribution in [3.8, 4) is 0 Å². The summed E-state index contributed by atoms with van der Waals surface area (Å²) in [5.41, 5.74) is 2.87. The Balaban J connectivity index is 2.27. The van der Waals surface area contributed by atoms with E-state index in [2.05, 4.69) is 20.6 Å². The van der Waals surface area contributed by atoms with Crippen LogP contribution in [-0.4, -0.2) is 16.5 Å². The largest absolute Gasteiger partial charge is 0.354 e. The van der Waals surface area contributed by atoms with E-state index in [1.54, 1.807) is 0 Å². The van der Waals surface area contributed by atoms with E-state index in [9.17, 15) is 0 Å². The van der Waals surface area contributed by atoms with E-state index >= 15 is 0 Å². The van der Waals surface area contributed by atoms with E-state index in [-0.39, 0.29) is 0 Å². The number of anilines is 3. The van der Waals surface area contributed by atoms with Crippen molar-refractivity contribution in [2.45, 2.75) is 20.8 Å². The molecule has 0 saturated heterocycles. The van der Waals surface area contributed by atoms with Crippen LogP contribution in [0.2, 0.25) is 5.02 Å². The Bertz CT molecular complexity index is 584. The van der Waals surface area contributed by atoms with Crippen molar-refractivity contribution in [3.05, 3.63) is 40.5 Å². The van der Waals surface area contributed by atoms with Crippen molar-refractivity contribution in [2.24, 2.45) is 0 Å². The van der Waals surface area contributed by atoms with E-state index in [0.717, 1.165) is 29.3 Å². The molecule has 0 aliphatic rings. The van der Waals surface area contributed by atoms with E-state index < -0.39 is 0 Å². The van der Waals surface area contributed by atoms with Gasteiger partial charge in [-0.15, -0.1) is 0 Å². The molecular weight excluding hydrogens is 260 g/mol. The third kappa shape index (κ3) is 3.58. The van der Waals surface area contributed by atoms with E-state index in [4.69, 9.17) is 11.6 Å².